The lowest BCUT2D eigenvalue weighted by Crippen LogP contribution is -2.37. The van der Waals surface area contributed by atoms with Crippen molar-refractivity contribution in [2.75, 3.05) is 43.4 Å². The molecule has 0 atom stereocenters. The van der Waals surface area contributed by atoms with E-state index < -0.39 is 10.0 Å². The molecule has 1 saturated heterocycles. The van der Waals surface area contributed by atoms with Crippen molar-refractivity contribution in [3.05, 3.63) is 76.2 Å². The molecule has 0 spiro atoms. The first-order valence-corrected chi connectivity index (χ1v) is 15.1. The number of amides is 2. The normalized spacial score (nSPS) is 16.1. The van der Waals surface area contributed by atoms with E-state index in [1.54, 1.807) is 24.3 Å². The average molecular weight is 553 g/mol. The highest BCUT2D eigenvalue weighted by atomic mass is 32.2. The Morgan fingerprint density at radius 1 is 0.947 bits per heavy atom. The largest absolute Gasteiger partial charge is 0.339 e. The van der Waals surface area contributed by atoms with E-state index in [-0.39, 0.29) is 16.7 Å². The van der Waals surface area contributed by atoms with Crippen LogP contribution in [0.5, 0.6) is 0 Å². The number of nitrogens with zero attached hydrogens (tertiary/aromatic N) is 3. The maximum absolute atomic E-state index is 13.6. The highest BCUT2D eigenvalue weighted by Crippen LogP contribution is 2.38. The summed E-state index contributed by atoms with van der Waals surface area (Å²) in [6.45, 7) is 3.09. The lowest BCUT2D eigenvalue weighted by molar-refractivity contribution is 0.0724. The standard InChI is InChI=1S/C28H32N4O4S2/c1-30-18-15-23-24(19-30)37-27(25(23)28(34)32-16-7-4-8-17-32)29-26(33)20-11-13-22(14-12-20)38(35,36)31(2)21-9-5-3-6-10-21/h3,5-6,9-14H,4,7-8,15-19H2,1-2H3,(H,29,33). The van der Waals surface area contributed by atoms with Crippen molar-refractivity contribution in [1.29, 1.82) is 0 Å². The molecule has 5 rings (SSSR count). The number of likely N-dealkylation sites (tertiary alicyclic amines) is 1. The molecule has 0 saturated carbocycles. The smallest absolute Gasteiger partial charge is 0.264 e. The van der Waals surface area contributed by atoms with Crippen LogP contribution in [0.3, 0.4) is 0 Å². The Balaban J connectivity index is 1.39. The number of nitrogens with one attached hydrogen (secondary N) is 1. The van der Waals surface area contributed by atoms with Gasteiger partial charge in [-0.1, -0.05) is 18.2 Å². The second-order valence-corrected chi connectivity index (χ2v) is 12.9. The zero-order valence-electron chi connectivity index (χ0n) is 21.6. The van der Waals surface area contributed by atoms with Crippen LogP contribution in [0.15, 0.2) is 59.5 Å². The van der Waals surface area contributed by atoms with E-state index in [1.807, 2.05) is 11.0 Å². The predicted molar refractivity (Wildman–Crippen MR) is 151 cm³/mol. The van der Waals surface area contributed by atoms with Crippen molar-refractivity contribution in [3.63, 3.8) is 0 Å². The Bertz CT molecular complexity index is 1430. The summed E-state index contributed by atoms with van der Waals surface area (Å²) >= 11 is 1.47. The summed E-state index contributed by atoms with van der Waals surface area (Å²) in [6.07, 6.45) is 3.90. The summed E-state index contributed by atoms with van der Waals surface area (Å²) in [4.78, 5) is 32.2. The molecule has 2 aromatic carbocycles. The number of sulfonamides is 1. The summed E-state index contributed by atoms with van der Waals surface area (Å²) < 4.78 is 27.4. The predicted octanol–water partition coefficient (Wildman–Crippen LogP) is 4.44. The maximum Gasteiger partial charge on any atom is 0.264 e. The van der Waals surface area contributed by atoms with Gasteiger partial charge in [-0.15, -0.1) is 11.3 Å². The monoisotopic (exact) mass is 552 g/mol. The van der Waals surface area contributed by atoms with Crippen molar-refractivity contribution < 1.29 is 18.0 Å². The highest BCUT2D eigenvalue weighted by molar-refractivity contribution is 7.92. The molecule has 3 heterocycles. The molecule has 10 heteroatoms. The molecule has 8 nitrogen and oxygen atoms in total. The minimum atomic E-state index is -3.78. The molecule has 2 amide bonds. The highest BCUT2D eigenvalue weighted by Gasteiger charge is 2.31. The molecule has 3 aromatic rings. The third kappa shape index (κ3) is 5.21. The van der Waals surface area contributed by atoms with Gasteiger partial charge in [0.2, 0.25) is 0 Å². The molecule has 2 aliphatic rings. The van der Waals surface area contributed by atoms with Gasteiger partial charge in [0.25, 0.3) is 21.8 Å². The first-order chi connectivity index (χ1) is 18.3. The zero-order valence-corrected chi connectivity index (χ0v) is 23.3. The summed E-state index contributed by atoms with van der Waals surface area (Å²) in [7, 11) is -0.227. The Morgan fingerprint density at radius 3 is 2.32 bits per heavy atom. The third-order valence-corrected chi connectivity index (χ3v) is 10.2. The van der Waals surface area contributed by atoms with E-state index in [4.69, 9.17) is 0 Å². The van der Waals surface area contributed by atoms with Crippen LogP contribution in [0.4, 0.5) is 10.7 Å². The molecule has 0 bridgehead atoms. The number of benzene rings is 2. The van der Waals surface area contributed by atoms with Crippen LogP contribution in [0.25, 0.3) is 0 Å². The minimum Gasteiger partial charge on any atom is -0.339 e. The second kappa shape index (κ2) is 10.9. The Labute approximate surface area is 227 Å². The van der Waals surface area contributed by atoms with Gasteiger partial charge in [0.05, 0.1) is 16.1 Å². The molecule has 2 aliphatic heterocycles. The van der Waals surface area contributed by atoms with E-state index in [0.29, 0.717) is 21.8 Å². The topological polar surface area (TPSA) is 90.0 Å². The van der Waals surface area contributed by atoms with Gasteiger partial charge in [-0.2, -0.15) is 0 Å². The van der Waals surface area contributed by atoms with Crippen LogP contribution in [0.2, 0.25) is 0 Å². The summed E-state index contributed by atoms with van der Waals surface area (Å²) in [6, 6.07) is 14.7. The van der Waals surface area contributed by atoms with Crippen LogP contribution in [-0.2, 0) is 23.0 Å². The summed E-state index contributed by atoms with van der Waals surface area (Å²) in [5, 5.41) is 3.55. The number of fused-ring (bicyclic) bond motifs is 1. The average Bonchev–Trinajstić information content (AvgIpc) is 3.29. The zero-order chi connectivity index (χ0) is 26.9. The molecule has 1 N–H and O–H groups in total. The third-order valence-electron chi connectivity index (χ3n) is 7.23. The molecule has 0 radical (unpaired) electrons. The number of carbonyl (C=O) groups excluding carboxylic acids is 2. The van der Waals surface area contributed by atoms with Gasteiger partial charge >= 0.3 is 0 Å². The fourth-order valence-electron chi connectivity index (χ4n) is 4.99. The van der Waals surface area contributed by atoms with Crippen LogP contribution in [-0.4, -0.2) is 63.8 Å². The molecule has 38 heavy (non-hydrogen) atoms. The van der Waals surface area contributed by atoms with Gasteiger partial charge in [-0.05, 0) is 74.7 Å². The molecule has 200 valence electrons. The Morgan fingerprint density at radius 2 is 1.63 bits per heavy atom. The molecule has 1 aromatic heterocycles. The van der Waals surface area contributed by atoms with Crippen molar-refractivity contribution in [3.8, 4) is 0 Å². The van der Waals surface area contributed by atoms with E-state index in [2.05, 4.69) is 17.3 Å². The SMILES string of the molecule is CN1CCc2c(sc(NC(=O)c3ccc(S(=O)(=O)N(C)c4ccccc4)cc3)c2C(=O)N2CCCCC2)C1. The van der Waals surface area contributed by atoms with Gasteiger partial charge in [0, 0.05) is 43.7 Å². The number of thiophene rings is 1. The van der Waals surface area contributed by atoms with Gasteiger partial charge in [-0.3, -0.25) is 13.9 Å². The van der Waals surface area contributed by atoms with Crippen molar-refractivity contribution in [1.82, 2.24) is 9.80 Å². The maximum atomic E-state index is 13.6. The van der Waals surface area contributed by atoms with E-state index in [9.17, 15) is 18.0 Å². The Kier molecular flexibility index (Phi) is 7.56. The fraction of sp³-hybridized carbons (Fsp3) is 0.357. The molecule has 0 unspecified atom stereocenters. The first kappa shape index (κ1) is 26.4. The van der Waals surface area contributed by atoms with E-state index in [0.717, 1.165) is 62.3 Å². The Hall–Kier alpha value is -3.21. The number of anilines is 2. The fourth-order valence-corrected chi connectivity index (χ4v) is 7.50. The number of hydrogen-bond acceptors (Lipinski definition) is 6. The van der Waals surface area contributed by atoms with E-state index in [1.165, 1.54) is 47.0 Å². The van der Waals surface area contributed by atoms with Crippen LogP contribution in [0, 0.1) is 0 Å². The first-order valence-electron chi connectivity index (χ1n) is 12.8. The number of likely N-dealkylation sites (N-methyl/N-ethyl adjacent to an activating group) is 1. The van der Waals surface area contributed by atoms with Crippen LogP contribution in [0.1, 0.15) is 50.4 Å². The number of para-hydroxylation sites is 1. The lowest BCUT2D eigenvalue weighted by Gasteiger charge is -2.28. The molecule has 1 fully saturated rings. The van der Waals surface area contributed by atoms with Gasteiger partial charge in [0.1, 0.15) is 5.00 Å². The van der Waals surface area contributed by atoms with E-state index >= 15 is 0 Å². The van der Waals surface area contributed by atoms with Crippen molar-refractivity contribution >= 4 is 43.9 Å². The van der Waals surface area contributed by atoms with Crippen molar-refractivity contribution in [2.24, 2.45) is 0 Å². The van der Waals surface area contributed by atoms with Crippen LogP contribution >= 0.6 is 11.3 Å². The molecular formula is C28H32N4O4S2. The number of piperidine rings is 1. The second-order valence-electron chi connectivity index (χ2n) is 9.84. The summed E-state index contributed by atoms with van der Waals surface area (Å²) in [5.41, 5.74) is 2.54. The van der Waals surface area contributed by atoms with Gasteiger partial charge in [0.15, 0.2) is 0 Å². The van der Waals surface area contributed by atoms with Crippen LogP contribution < -0.4 is 9.62 Å². The number of rotatable bonds is 6. The summed E-state index contributed by atoms with van der Waals surface area (Å²) in [5.74, 6) is -0.377. The quantitative estimate of drug-likeness (QED) is 0.488. The molecule has 0 aliphatic carbocycles. The van der Waals surface area contributed by atoms with Crippen molar-refractivity contribution in [2.45, 2.75) is 37.1 Å². The van der Waals surface area contributed by atoms with Gasteiger partial charge in [-0.25, -0.2) is 8.42 Å². The molecular weight excluding hydrogens is 520 g/mol. The van der Waals surface area contributed by atoms with Gasteiger partial charge < -0.3 is 15.1 Å². The number of carbonyl (C=O) groups is 2. The lowest BCUT2D eigenvalue weighted by atomic mass is 10.0. The minimum absolute atomic E-state index is 0.00700. The number of hydrogen-bond donors (Lipinski definition) is 1.